The first-order chi connectivity index (χ1) is 23.8. The van der Waals surface area contributed by atoms with Gasteiger partial charge in [0, 0.05) is 41.2 Å². The topological polar surface area (TPSA) is 160 Å². The average molecular weight is 684 g/mol. The third-order valence-corrected chi connectivity index (χ3v) is 9.31. The molecule has 1 aliphatic rings. The number of nitrogen functional groups attached to an aromatic ring is 1. The van der Waals surface area contributed by atoms with E-state index in [1.165, 1.54) is 0 Å². The van der Waals surface area contributed by atoms with Crippen LogP contribution in [0.2, 0.25) is 0 Å². The van der Waals surface area contributed by atoms with Crippen LogP contribution in [-0.2, 0) is 25.7 Å². The number of amides is 2. The summed E-state index contributed by atoms with van der Waals surface area (Å²) in [5.74, 6) is -0.522. The summed E-state index contributed by atoms with van der Waals surface area (Å²) in [6.07, 6.45) is 2.36. The first-order valence-electron chi connectivity index (χ1n) is 16.3. The Labute approximate surface area is 290 Å². The molecule has 4 aromatic rings. The van der Waals surface area contributed by atoms with E-state index in [-0.39, 0.29) is 36.2 Å². The second kappa shape index (κ2) is 17.6. The number of hydrogen-bond donors (Lipinski definition) is 5. The molecule has 0 saturated carbocycles. The van der Waals surface area contributed by atoms with Crippen molar-refractivity contribution in [3.05, 3.63) is 119 Å². The van der Waals surface area contributed by atoms with Crippen LogP contribution < -0.4 is 16.4 Å². The number of carbonyl (C=O) groups excluding carboxylic acids is 2. The highest BCUT2D eigenvalue weighted by Gasteiger charge is 2.32. The zero-order valence-electron chi connectivity index (χ0n) is 27.0. The number of para-hydroxylation sites is 2. The van der Waals surface area contributed by atoms with Gasteiger partial charge in [-0.25, -0.2) is 4.79 Å². The van der Waals surface area contributed by atoms with E-state index in [4.69, 9.17) is 15.2 Å². The number of nitrogens with one attached hydrogen (secondary N) is 2. The molecule has 3 atom stereocenters. The van der Waals surface area contributed by atoms with Crippen LogP contribution in [0.25, 0.3) is 0 Å². The molecule has 1 aliphatic heterocycles. The number of nitrogens with two attached hydrogens (primary N) is 1. The Morgan fingerprint density at radius 3 is 2.08 bits per heavy atom. The molecule has 0 spiro atoms. The van der Waals surface area contributed by atoms with Gasteiger partial charge >= 0.3 is 5.97 Å². The number of aromatic carboxylic acids is 1. The molecule has 0 aromatic heterocycles. The van der Waals surface area contributed by atoms with Gasteiger partial charge in [0.25, 0.3) is 0 Å². The average Bonchev–Trinajstić information content (AvgIpc) is 3.12. The quantitative estimate of drug-likeness (QED) is 0.0491. The molecular weight excluding hydrogens is 642 g/mol. The van der Waals surface area contributed by atoms with Crippen molar-refractivity contribution in [1.82, 2.24) is 0 Å². The highest BCUT2D eigenvalue weighted by molar-refractivity contribution is 7.99. The van der Waals surface area contributed by atoms with E-state index in [1.807, 2.05) is 60.7 Å². The summed E-state index contributed by atoms with van der Waals surface area (Å²) in [6, 6.07) is 29.0. The number of anilines is 3. The van der Waals surface area contributed by atoms with Gasteiger partial charge in [-0.2, -0.15) is 0 Å². The molecule has 0 radical (unpaired) electrons. The normalized spacial score (nSPS) is 17.3. The molecule has 10 nitrogen and oxygen atoms in total. The summed E-state index contributed by atoms with van der Waals surface area (Å²) in [4.78, 5) is 37.0. The highest BCUT2D eigenvalue weighted by Crippen LogP contribution is 2.39. The van der Waals surface area contributed by atoms with Crippen molar-refractivity contribution < 1.29 is 34.1 Å². The lowest BCUT2D eigenvalue weighted by Crippen LogP contribution is -2.31. The first kappa shape index (κ1) is 35.6. The summed E-state index contributed by atoms with van der Waals surface area (Å²) >= 11 is 1.59. The van der Waals surface area contributed by atoms with Crippen LogP contribution in [0.1, 0.15) is 78.0 Å². The number of ether oxygens (including phenoxy) is 2. The Hall–Kier alpha value is -4.68. The number of benzene rings is 4. The number of aliphatic hydroxyl groups is 1. The fraction of sp³-hybridized carbons (Fsp3) is 0.289. The minimum atomic E-state index is -0.961. The van der Waals surface area contributed by atoms with E-state index < -0.39 is 12.3 Å². The summed E-state index contributed by atoms with van der Waals surface area (Å²) in [5, 5.41) is 24.4. The zero-order valence-corrected chi connectivity index (χ0v) is 27.9. The van der Waals surface area contributed by atoms with Crippen LogP contribution in [0.4, 0.5) is 17.1 Å². The van der Waals surface area contributed by atoms with Crippen LogP contribution in [0, 0.1) is 0 Å². The number of carboxylic acids is 1. The molecule has 0 unspecified atom stereocenters. The van der Waals surface area contributed by atoms with Crippen LogP contribution >= 0.6 is 11.8 Å². The number of unbranched alkanes of at least 4 members (excludes halogenated alkanes) is 2. The Morgan fingerprint density at radius 1 is 0.776 bits per heavy atom. The molecule has 4 aromatic carbocycles. The largest absolute Gasteiger partial charge is 0.478 e. The predicted molar refractivity (Wildman–Crippen MR) is 190 cm³/mol. The number of thioether (sulfide) groups is 1. The molecule has 0 aliphatic carbocycles. The molecule has 11 heteroatoms. The Morgan fingerprint density at radius 2 is 1.43 bits per heavy atom. The number of carbonyl (C=O) groups is 3. The predicted octanol–water partition coefficient (Wildman–Crippen LogP) is 7.32. The maximum atomic E-state index is 12.6. The molecular formula is C38H41N3O7S. The van der Waals surface area contributed by atoms with Crippen molar-refractivity contribution in [2.75, 3.05) is 22.1 Å². The van der Waals surface area contributed by atoms with E-state index >= 15 is 0 Å². The zero-order chi connectivity index (χ0) is 34.6. The lowest BCUT2D eigenvalue weighted by Gasteiger charge is -2.36. The monoisotopic (exact) mass is 683 g/mol. The molecule has 2 amide bonds. The minimum absolute atomic E-state index is 0.0372. The molecule has 1 heterocycles. The van der Waals surface area contributed by atoms with Gasteiger partial charge in [0.15, 0.2) is 6.29 Å². The van der Waals surface area contributed by atoms with Crippen molar-refractivity contribution in [2.45, 2.75) is 68.5 Å². The molecule has 1 saturated heterocycles. The van der Waals surface area contributed by atoms with Gasteiger partial charge in [-0.1, -0.05) is 55.0 Å². The van der Waals surface area contributed by atoms with E-state index in [1.54, 1.807) is 48.2 Å². The van der Waals surface area contributed by atoms with Crippen molar-refractivity contribution in [1.29, 1.82) is 0 Å². The first-order valence-corrected chi connectivity index (χ1v) is 17.3. The fourth-order valence-electron chi connectivity index (χ4n) is 5.42. The van der Waals surface area contributed by atoms with Crippen LogP contribution in [-0.4, -0.2) is 39.9 Å². The molecule has 256 valence electrons. The summed E-state index contributed by atoms with van der Waals surface area (Å²) in [5.41, 5.74) is 10.5. The smallest absolute Gasteiger partial charge is 0.335 e. The molecule has 0 bridgehead atoms. The van der Waals surface area contributed by atoms with Crippen LogP contribution in [0.3, 0.4) is 0 Å². The van der Waals surface area contributed by atoms with Gasteiger partial charge in [0.05, 0.1) is 35.8 Å². The lowest BCUT2D eigenvalue weighted by molar-refractivity contribution is -0.245. The molecule has 1 fully saturated rings. The fourth-order valence-corrected chi connectivity index (χ4v) is 6.35. The summed E-state index contributed by atoms with van der Waals surface area (Å²) in [7, 11) is 0. The van der Waals surface area contributed by atoms with Crippen molar-refractivity contribution in [2.24, 2.45) is 0 Å². The summed E-state index contributed by atoms with van der Waals surface area (Å²) < 4.78 is 12.8. The number of rotatable bonds is 15. The highest BCUT2D eigenvalue weighted by atomic mass is 32.2. The van der Waals surface area contributed by atoms with E-state index in [2.05, 4.69) is 10.6 Å². The maximum absolute atomic E-state index is 12.6. The van der Waals surface area contributed by atoms with Crippen molar-refractivity contribution in [3.8, 4) is 0 Å². The second-order valence-electron chi connectivity index (χ2n) is 11.9. The van der Waals surface area contributed by atoms with E-state index in [9.17, 15) is 24.6 Å². The van der Waals surface area contributed by atoms with Gasteiger partial charge in [-0.05, 0) is 72.5 Å². The maximum Gasteiger partial charge on any atom is 0.335 e. The van der Waals surface area contributed by atoms with Gasteiger partial charge < -0.3 is 36.1 Å². The van der Waals surface area contributed by atoms with E-state index in [0.29, 0.717) is 54.9 Å². The van der Waals surface area contributed by atoms with Crippen molar-refractivity contribution >= 4 is 46.6 Å². The molecule has 6 N–H and O–H groups in total. The van der Waals surface area contributed by atoms with Crippen LogP contribution in [0.15, 0.2) is 102 Å². The van der Waals surface area contributed by atoms with Gasteiger partial charge in [-0.15, -0.1) is 11.8 Å². The van der Waals surface area contributed by atoms with Gasteiger partial charge in [0.1, 0.15) is 0 Å². The summed E-state index contributed by atoms with van der Waals surface area (Å²) in [6.45, 7) is -0.0372. The SMILES string of the molecule is Nc1ccccc1NC(=O)CCCCCC(=O)Nc1ccc([C@@H]2O[C@H](CSc3ccc(C(=O)O)cc3)C[C@H](c3ccc(CO)cc3)O2)cc1. The van der Waals surface area contributed by atoms with Gasteiger partial charge in [-0.3, -0.25) is 9.59 Å². The second-order valence-corrected chi connectivity index (χ2v) is 13.0. The number of hydrogen-bond acceptors (Lipinski definition) is 8. The standard InChI is InChI=1S/C38H41N3O7S/c39-32-6-4-5-7-33(32)41-36(44)9-3-1-2-8-35(43)40-29-18-14-28(15-19-29)38-47-30(24-49-31-20-16-27(17-21-31)37(45)46)22-34(48-38)26-12-10-25(23-42)11-13-26/h4-7,10-21,30,34,38,42H,1-3,8-9,22-24,39H2,(H,40,43)(H,41,44)(H,45,46)/t30-,34+,38+/m0/s1. The molecule has 49 heavy (non-hydrogen) atoms. The third kappa shape index (κ3) is 10.7. The Kier molecular flexibility index (Phi) is 12.8. The minimum Gasteiger partial charge on any atom is -0.478 e. The third-order valence-electron chi connectivity index (χ3n) is 8.16. The Bertz CT molecular complexity index is 1700. The number of carboxylic acid groups (broad SMARTS) is 1. The van der Waals surface area contributed by atoms with Gasteiger partial charge in [0.2, 0.25) is 11.8 Å². The number of aliphatic hydroxyl groups excluding tert-OH is 1. The van der Waals surface area contributed by atoms with Crippen LogP contribution in [0.5, 0.6) is 0 Å². The Balaban J connectivity index is 1.12. The molecule has 5 rings (SSSR count). The van der Waals surface area contributed by atoms with Crippen molar-refractivity contribution in [3.63, 3.8) is 0 Å². The van der Waals surface area contributed by atoms with E-state index in [0.717, 1.165) is 28.0 Å². The lowest BCUT2D eigenvalue weighted by atomic mass is 10.0.